The third-order valence-electron chi connectivity index (χ3n) is 11.4. The third-order valence-corrected chi connectivity index (χ3v) is 11.4. The number of fused-ring (bicyclic) bond motifs is 5. The third kappa shape index (κ3) is 4.34. The maximum atomic E-state index is 11.9. The maximum absolute atomic E-state index is 11.9. The van der Waals surface area contributed by atoms with Gasteiger partial charge >= 0.3 is 0 Å². The molecule has 0 saturated heterocycles. The van der Waals surface area contributed by atoms with Gasteiger partial charge in [-0.05, 0) is 116 Å². The van der Waals surface area contributed by atoms with Crippen molar-refractivity contribution in [2.24, 2.45) is 52.3 Å². The van der Waals surface area contributed by atoms with Crippen molar-refractivity contribution >= 4 is 5.91 Å². The normalized spacial score (nSPS) is 44.3. The zero-order valence-corrected chi connectivity index (χ0v) is 21.8. The lowest BCUT2D eigenvalue weighted by Gasteiger charge is -2.61. The van der Waals surface area contributed by atoms with Crippen molar-refractivity contribution in [1.82, 2.24) is 5.32 Å². The summed E-state index contributed by atoms with van der Waals surface area (Å²) in [6.07, 6.45) is 18.1. The van der Waals surface area contributed by atoms with Gasteiger partial charge in [0.05, 0.1) is 0 Å². The standard InChI is InChI=1S/C30H51NO/c1-7-28(32)31-23-15-17-29(5)22(19-23)11-12-24-26-14-13-25(21(4)10-8-9-20(2)3)30(26,6)18-16-27(24)29/h7,20-27H,1,8-19H2,2-6H3,(H,31,32)/t21-,22-,23+,24+,25-,26+,27+,29+,30-/m1/s1. The van der Waals surface area contributed by atoms with Crippen LogP contribution in [0.15, 0.2) is 12.7 Å². The Balaban J connectivity index is 1.42. The second-order valence-electron chi connectivity index (χ2n) is 13.4. The highest BCUT2D eigenvalue weighted by Crippen LogP contribution is 2.68. The molecule has 4 rings (SSSR count). The smallest absolute Gasteiger partial charge is 0.243 e. The van der Waals surface area contributed by atoms with Crippen LogP contribution >= 0.6 is 0 Å². The molecule has 0 aromatic heterocycles. The SMILES string of the molecule is C=CC(=O)N[C@H]1CC[C@@]2(C)[C@H](CC[C@@H]3[C@@H]2CC[C@]2(C)[C@@H]([C@H](C)CCCC(C)C)CC[C@@H]32)C1. The number of nitrogens with one attached hydrogen (secondary N) is 1. The van der Waals surface area contributed by atoms with Gasteiger partial charge in [0.1, 0.15) is 0 Å². The molecule has 0 bridgehead atoms. The average molecular weight is 442 g/mol. The number of amides is 1. The molecule has 0 aromatic carbocycles. The molecule has 0 radical (unpaired) electrons. The van der Waals surface area contributed by atoms with E-state index in [0.29, 0.717) is 16.9 Å². The fourth-order valence-corrected chi connectivity index (χ4v) is 9.67. The lowest BCUT2D eigenvalue weighted by molar-refractivity contribution is -0.125. The fraction of sp³-hybridized carbons (Fsp3) is 0.900. The zero-order chi connectivity index (χ0) is 23.1. The van der Waals surface area contributed by atoms with Gasteiger partial charge in [0.15, 0.2) is 0 Å². The summed E-state index contributed by atoms with van der Waals surface area (Å²) in [5.41, 5.74) is 1.09. The number of carbonyl (C=O) groups is 1. The molecule has 4 aliphatic carbocycles. The second-order valence-corrected chi connectivity index (χ2v) is 13.4. The Morgan fingerprint density at radius 2 is 1.69 bits per heavy atom. The van der Waals surface area contributed by atoms with E-state index in [4.69, 9.17) is 0 Å². The van der Waals surface area contributed by atoms with Crippen molar-refractivity contribution in [3.8, 4) is 0 Å². The van der Waals surface area contributed by atoms with Gasteiger partial charge in [0.2, 0.25) is 5.91 Å². The molecule has 2 heteroatoms. The average Bonchev–Trinajstić information content (AvgIpc) is 3.11. The highest BCUT2D eigenvalue weighted by Gasteiger charge is 2.60. The Kier molecular flexibility index (Phi) is 7.19. The molecule has 32 heavy (non-hydrogen) atoms. The van der Waals surface area contributed by atoms with E-state index in [1.807, 2.05) is 0 Å². The Morgan fingerprint density at radius 3 is 2.41 bits per heavy atom. The van der Waals surface area contributed by atoms with E-state index >= 15 is 0 Å². The largest absolute Gasteiger partial charge is 0.350 e. The monoisotopic (exact) mass is 441 g/mol. The van der Waals surface area contributed by atoms with Crippen molar-refractivity contribution in [2.75, 3.05) is 0 Å². The summed E-state index contributed by atoms with van der Waals surface area (Å²) < 4.78 is 0. The predicted molar refractivity (Wildman–Crippen MR) is 135 cm³/mol. The van der Waals surface area contributed by atoms with E-state index in [1.165, 1.54) is 76.7 Å². The van der Waals surface area contributed by atoms with E-state index in [0.717, 1.165) is 47.8 Å². The molecular formula is C30H51NO. The van der Waals surface area contributed by atoms with Crippen molar-refractivity contribution in [2.45, 2.75) is 118 Å². The van der Waals surface area contributed by atoms with Crippen LogP contribution in [-0.2, 0) is 4.79 Å². The van der Waals surface area contributed by atoms with Crippen LogP contribution < -0.4 is 5.32 Å². The summed E-state index contributed by atoms with van der Waals surface area (Å²) >= 11 is 0. The van der Waals surface area contributed by atoms with Crippen molar-refractivity contribution in [3.05, 3.63) is 12.7 Å². The molecule has 4 saturated carbocycles. The summed E-state index contributed by atoms with van der Waals surface area (Å²) in [6, 6.07) is 0.367. The van der Waals surface area contributed by atoms with Gasteiger partial charge in [-0.25, -0.2) is 0 Å². The minimum Gasteiger partial charge on any atom is -0.350 e. The lowest BCUT2D eigenvalue weighted by atomic mass is 9.44. The fourth-order valence-electron chi connectivity index (χ4n) is 9.67. The Labute approximate surface area is 198 Å². The number of hydrogen-bond acceptors (Lipinski definition) is 1. The van der Waals surface area contributed by atoms with E-state index < -0.39 is 0 Å². The van der Waals surface area contributed by atoms with E-state index in [2.05, 4.69) is 46.5 Å². The topological polar surface area (TPSA) is 29.1 Å². The van der Waals surface area contributed by atoms with Crippen molar-refractivity contribution < 1.29 is 4.79 Å². The van der Waals surface area contributed by atoms with Crippen molar-refractivity contribution in [3.63, 3.8) is 0 Å². The quantitative estimate of drug-likeness (QED) is 0.401. The van der Waals surface area contributed by atoms with Crippen LogP contribution in [0.3, 0.4) is 0 Å². The molecule has 0 spiro atoms. The summed E-state index contributed by atoms with van der Waals surface area (Å²) in [7, 11) is 0. The number of hydrogen-bond donors (Lipinski definition) is 1. The molecule has 0 unspecified atom stereocenters. The minimum atomic E-state index is 0.0141. The van der Waals surface area contributed by atoms with Crippen LogP contribution in [0.25, 0.3) is 0 Å². The zero-order valence-electron chi connectivity index (χ0n) is 21.8. The van der Waals surface area contributed by atoms with Gasteiger partial charge in [-0.2, -0.15) is 0 Å². The van der Waals surface area contributed by atoms with Gasteiger partial charge in [-0.3, -0.25) is 4.79 Å². The second kappa shape index (κ2) is 9.46. The molecule has 182 valence electrons. The van der Waals surface area contributed by atoms with Crippen LogP contribution in [0.5, 0.6) is 0 Å². The Hall–Kier alpha value is -0.790. The Morgan fingerprint density at radius 1 is 0.969 bits per heavy atom. The minimum absolute atomic E-state index is 0.0141. The molecule has 0 aliphatic heterocycles. The molecule has 0 aromatic rings. The Bertz CT molecular complexity index is 684. The van der Waals surface area contributed by atoms with Crippen LogP contribution in [0.2, 0.25) is 0 Å². The molecule has 0 heterocycles. The van der Waals surface area contributed by atoms with Crippen LogP contribution in [0.4, 0.5) is 0 Å². The summed E-state index contributed by atoms with van der Waals surface area (Å²) in [4.78, 5) is 11.9. The highest BCUT2D eigenvalue weighted by atomic mass is 16.1. The number of rotatable bonds is 7. The summed E-state index contributed by atoms with van der Waals surface area (Å²) in [5.74, 6) is 6.36. The van der Waals surface area contributed by atoms with Crippen molar-refractivity contribution in [1.29, 1.82) is 0 Å². The predicted octanol–water partition coefficient (Wildman–Crippen LogP) is 7.78. The van der Waals surface area contributed by atoms with Gasteiger partial charge in [0, 0.05) is 6.04 Å². The molecule has 2 nitrogen and oxygen atoms in total. The van der Waals surface area contributed by atoms with E-state index in [1.54, 1.807) is 0 Å². The van der Waals surface area contributed by atoms with Gasteiger partial charge < -0.3 is 5.32 Å². The summed E-state index contributed by atoms with van der Waals surface area (Å²) in [6.45, 7) is 16.3. The van der Waals surface area contributed by atoms with Crippen LogP contribution in [-0.4, -0.2) is 11.9 Å². The first kappa shape index (κ1) is 24.3. The first-order chi connectivity index (χ1) is 15.2. The van der Waals surface area contributed by atoms with E-state index in [-0.39, 0.29) is 5.91 Å². The van der Waals surface area contributed by atoms with Gasteiger partial charge in [0.25, 0.3) is 0 Å². The molecule has 1 N–H and O–H groups in total. The molecule has 4 aliphatic rings. The molecule has 4 fully saturated rings. The first-order valence-electron chi connectivity index (χ1n) is 14.1. The van der Waals surface area contributed by atoms with Crippen LogP contribution in [0, 0.1) is 52.3 Å². The summed E-state index contributed by atoms with van der Waals surface area (Å²) in [5, 5.41) is 3.22. The first-order valence-corrected chi connectivity index (χ1v) is 14.1. The van der Waals surface area contributed by atoms with Crippen LogP contribution in [0.1, 0.15) is 112 Å². The lowest BCUT2D eigenvalue weighted by Crippen LogP contribution is -2.55. The highest BCUT2D eigenvalue weighted by molar-refractivity contribution is 5.87. The van der Waals surface area contributed by atoms with Gasteiger partial charge in [-0.15, -0.1) is 0 Å². The molecule has 1 amide bonds. The number of carbonyl (C=O) groups excluding carboxylic acids is 1. The molecule has 9 atom stereocenters. The van der Waals surface area contributed by atoms with Gasteiger partial charge in [-0.1, -0.05) is 60.5 Å². The molecular weight excluding hydrogens is 390 g/mol. The maximum Gasteiger partial charge on any atom is 0.243 e. The van der Waals surface area contributed by atoms with E-state index in [9.17, 15) is 4.79 Å².